The summed E-state index contributed by atoms with van der Waals surface area (Å²) in [6.07, 6.45) is 0. The van der Waals surface area contributed by atoms with Crippen LogP contribution in [0.3, 0.4) is 0 Å². The number of nitrogens with one attached hydrogen (secondary N) is 1. The average Bonchev–Trinajstić information content (AvgIpc) is 2.40. The van der Waals surface area contributed by atoms with Crippen LogP contribution >= 0.6 is 0 Å². The minimum Gasteiger partial charge on any atom is -0.463 e. The van der Waals surface area contributed by atoms with Crippen LogP contribution < -0.4 is 5.32 Å². The van der Waals surface area contributed by atoms with Gasteiger partial charge in [0.2, 0.25) is 0 Å². The predicted molar refractivity (Wildman–Crippen MR) is 67.4 cm³/mol. The van der Waals surface area contributed by atoms with E-state index in [0.29, 0.717) is 0 Å². The molecule has 1 heterocycles. The number of hydrogen-bond donors (Lipinski definition) is 1. The maximum atomic E-state index is 5.82. The van der Waals surface area contributed by atoms with Gasteiger partial charge in [0.1, 0.15) is 11.5 Å². The van der Waals surface area contributed by atoms with E-state index in [2.05, 4.69) is 44.0 Å². The fraction of sp³-hybridized carbons (Fsp3) is 0.692. The Kier molecular flexibility index (Phi) is 4.16. The maximum Gasteiger partial charge on any atom is 0.120 e. The van der Waals surface area contributed by atoms with E-state index in [1.165, 1.54) is 5.56 Å². The molecule has 1 aromatic heterocycles. The van der Waals surface area contributed by atoms with Gasteiger partial charge < -0.3 is 14.6 Å². The summed E-state index contributed by atoms with van der Waals surface area (Å²) in [6, 6.07) is 2.12. The molecule has 0 unspecified atom stereocenters. The van der Waals surface area contributed by atoms with Gasteiger partial charge in [-0.05, 0) is 53.4 Å². The molecule has 92 valence electrons. The van der Waals surface area contributed by atoms with Crippen molar-refractivity contribution >= 4 is 0 Å². The molecule has 0 saturated heterocycles. The third-order valence-corrected chi connectivity index (χ3v) is 2.32. The lowest BCUT2D eigenvalue weighted by atomic mass is 10.1. The Morgan fingerprint density at radius 2 is 1.94 bits per heavy atom. The Labute approximate surface area is 98.8 Å². The second kappa shape index (κ2) is 5.02. The molecule has 0 atom stereocenters. The van der Waals surface area contributed by atoms with E-state index in [1.54, 1.807) is 0 Å². The first-order valence-corrected chi connectivity index (χ1v) is 5.76. The van der Waals surface area contributed by atoms with Gasteiger partial charge in [-0.25, -0.2) is 0 Å². The van der Waals surface area contributed by atoms with Gasteiger partial charge in [-0.3, -0.25) is 0 Å². The third-order valence-electron chi connectivity index (χ3n) is 2.32. The molecule has 1 rings (SSSR count). The molecule has 0 aliphatic rings. The molecular weight excluding hydrogens is 200 g/mol. The zero-order chi connectivity index (χ0) is 12.3. The van der Waals surface area contributed by atoms with E-state index in [4.69, 9.17) is 4.42 Å². The molecule has 0 fully saturated rings. The van der Waals surface area contributed by atoms with Gasteiger partial charge in [0.15, 0.2) is 0 Å². The lowest BCUT2D eigenvalue weighted by Crippen LogP contribution is -2.35. The highest BCUT2D eigenvalue weighted by molar-refractivity contribution is 5.20. The third kappa shape index (κ3) is 4.37. The van der Waals surface area contributed by atoms with E-state index in [-0.39, 0.29) is 5.54 Å². The van der Waals surface area contributed by atoms with Crippen molar-refractivity contribution in [3.63, 3.8) is 0 Å². The molecule has 1 N–H and O–H groups in total. The highest BCUT2D eigenvalue weighted by Crippen LogP contribution is 2.16. The van der Waals surface area contributed by atoms with Crippen LogP contribution in [0, 0.1) is 6.92 Å². The van der Waals surface area contributed by atoms with Crippen LogP contribution in [0.1, 0.15) is 37.9 Å². The summed E-state index contributed by atoms with van der Waals surface area (Å²) in [4.78, 5) is 2.11. The van der Waals surface area contributed by atoms with E-state index in [1.807, 2.05) is 14.1 Å². The van der Waals surface area contributed by atoms with Crippen molar-refractivity contribution in [2.45, 2.75) is 46.3 Å². The highest BCUT2D eigenvalue weighted by atomic mass is 16.3. The van der Waals surface area contributed by atoms with E-state index < -0.39 is 0 Å². The summed E-state index contributed by atoms with van der Waals surface area (Å²) in [6.45, 7) is 10.2. The maximum absolute atomic E-state index is 5.82. The molecule has 0 bridgehead atoms. The molecule has 1 aromatic rings. The Morgan fingerprint density at radius 3 is 2.44 bits per heavy atom. The SMILES string of the molecule is Cc1cc(CN(C)C)oc1CNC(C)(C)C. The van der Waals surface area contributed by atoms with Gasteiger partial charge >= 0.3 is 0 Å². The molecule has 16 heavy (non-hydrogen) atoms. The van der Waals surface area contributed by atoms with Gasteiger partial charge in [-0.15, -0.1) is 0 Å². The minimum absolute atomic E-state index is 0.126. The molecule has 0 aliphatic carbocycles. The van der Waals surface area contributed by atoms with Gasteiger partial charge in [0, 0.05) is 5.54 Å². The van der Waals surface area contributed by atoms with Crippen LogP contribution in [0.25, 0.3) is 0 Å². The number of furan rings is 1. The summed E-state index contributed by atoms with van der Waals surface area (Å²) in [5.41, 5.74) is 1.36. The first-order chi connectivity index (χ1) is 7.28. The van der Waals surface area contributed by atoms with Crippen molar-refractivity contribution < 1.29 is 4.42 Å². The van der Waals surface area contributed by atoms with Crippen molar-refractivity contribution in [3.05, 3.63) is 23.2 Å². The lowest BCUT2D eigenvalue weighted by Gasteiger charge is -2.19. The summed E-state index contributed by atoms with van der Waals surface area (Å²) in [5, 5.41) is 3.44. The van der Waals surface area contributed by atoms with Crippen LogP contribution in [0.15, 0.2) is 10.5 Å². The first-order valence-electron chi connectivity index (χ1n) is 5.76. The second-order valence-electron chi connectivity index (χ2n) is 5.66. The van der Waals surface area contributed by atoms with Gasteiger partial charge in [0.05, 0.1) is 13.1 Å². The van der Waals surface area contributed by atoms with E-state index in [9.17, 15) is 0 Å². The molecule has 3 nitrogen and oxygen atoms in total. The number of rotatable bonds is 4. The zero-order valence-electron chi connectivity index (χ0n) is 11.3. The Hall–Kier alpha value is -0.800. The smallest absolute Gasteiger partial charge is 0.120 e. The Balaban J connectivity index is 2.63. The summed E-state index contributed by atoms with van der Waals surface area (Å²) in [5.74, 6) is 2.08. The fourth-order valence-electron chi connectivity index (χ4n) is 1.50. The van der Waals surface area contributed by atoms with Crippen molar-refractivity contribution in [3.8, 4) is 0 Å². The number of hydrogen-bond acceptors (Lipinski definition) is 3. The standard InChI is InChI=1S/C13H24N2O/c1-10-7-11(9-15(5)6)16-12(10)8-14-13(2,3)4/h7,14H,8-9H2,1-6H3. The lowest BCUT2D eigenvalue weighted by molar-refractivity contribution is 0.328. The van der Waals surface area contributed by atoms with Crippen LogP contribution in [-0.2, 0) is 13.1 Å². The fourth-order valence-corrected chi connectivity index (χ4v) is 1.50. The van der Waals surface area contributed by atoms with Crippen molar-refractivity contribution in [1.29, 1.82) is 0 Å². The molecule has 0 aliphatic heterocycles. The molecule has 0 aromatic carbocycles. The molecule has 0 radical (unpaired) electrons. The second-order valence-corrected chi connectivity index (χ2v) is 5.66. The molecule has 3 heteroatoms. The zero-order valence-corrected chi connectivity index (χ0v) is 11.3. The molecule has 0 amide bonds. The highest BCUT2D eigenvalue weighted by Gasteiger charge is 2.12. The van der Waals surface area contributed by atoms with Gasteiger partial charge in [-0.2, -0.15) is 0 Å². The average molecular weight is 224 g/mol. The topological polar surface area (TPSA) is 28.4 Å². The molecule has 0 saturated carbocycles. The van der Waals surface area contributed by atoms with Crippen molar-refractivity contribution in [2.24, 2.45) is 0 Å². The predicted octanol–water partition coefficient (Wildman–Crippen LogP) is 2.54. The van der Waals surface area contributed by atoms with Crippen LogP contribution in [0.5, 0.6) is 0 Å². The van der Waals surface area contributed by atoms with Crippen LogP contribution in [-0.4, -0.2) is 24.5 Å². The minimum atomic E-state index is 0.126. The summed E-state index contributed by atoms with van der Waals surface area (Å²) < 4.78 is 5.82. The quantitative estimate of drug-likeness (QED) is 0.852. The van der Waals surface area contributed by atoms with Gasteiger partial charge in [0.25, 0.3) is 0 Å². The summed E-state index contributed by atoms with van der Waals surface area (Å²) >= 11 is 0. The van der Waals surface area contributed by atoms with Crippen molar-refractivity contribution in [1.82, 2.24) is 10.2 Å². The van der Waals surface area contributed by atoms with Crippen LogP contribution in [0.4, 0.5) is 0 Å². The van der Waals surface area contributed by atoms with E-state index in [0.717, 1.165) is 24.6 Å². The number of nitrogens with zero attached hydrogens (tertiary/aromatic N) is 1. The van der Waals surface area contributed by atoms with Crippen LogP contribution in [0.2, 0.25) is 0 Å². The summed E-state index contributed by atoms with van der Waals surface area (Å²) in [7, 11) is 4.09. The normalized spacial score (nSPS) is 12.4. The Morgan fingerprint density at radius 1 is 1.31 bits per heavy atom. The molecule has 0 spiro atoms. The van der Waals surface area contributed by atoms with Gasteiger partial charge in [-0.1, -0.05) is 0 Å². The van der Waals surface area contributed by atoms with Crippen molar-refractivity contribution in [2.75, 3.05) is 14.1 Å². The largest absolute Gasteiger partial charge is 0.463 e. The Bertz CT molecular complexity index is 334. The van der Waals surface area contributed by atoms with E-state index >= 15 is 0 Å². The number of aryl methyl sites for hydroxylation is 1. The molecular formula is C13H24N2O. The monoisotopic (exact) mass is 224 g/mol. The first kappa shape index (κ1) is 13.3.